The summed E-state index contributed by atoms with van der Waals surface area (Å²) in [4.78, 5) is 23.7. The van der Waals surface area contributed by atoms with Crippen LogP contribution in [0.2, 0.25) is 0 Å². The molecule has 0 bridgehead atoms. The van der Waals surface area contributed by atoms with Crippen molar-refractivity contribution in [1.82, 2.24) is 0 Å². The first-order chi connectivity index (χ1) is 10.2. The number of nitro benzene ring substituents is 1. The molecule has 22 heavy (non-hydrogen) atoms. The average molecular weight is 312 g/mol. The lowest BCUT2D eigenvalue weighted by Crippen LogP contribution is -2.38. The van der Waals surface area contributed by atoms with Crippen LogP contribution >= 0.6 is 0 Å². The number of hydrogen-bond donors (Lipinski definition) is 1. The summed E-state index contributed by atoms with van der Waals surface area (Å²) in [6.45, 7) is 4.84. The molecule has 0 unspecified atom stereocenters. The molecule has 0 spiro atoms. The summed E-state index contributed by atoms with van der Waals surface area (Å²) in [7, 11) is 1.34. The molecule has 0 atom stereocenters. The third-order valence-electron chi connectivity index (χ3n) is 2.60. The highest BCUT2D eigenvalue weighted by atomic mass is 16.6. The molecule has 0 aliphatic rings. The third kappa shape index (κ3) is 4.59. The monoisotopic (exact) mass is 312 g/mol. The van der Waals surface area contributed by atoms with Gasteiger partial charge < -0.3 is 14.6 Å². The highest BCUT2D eigenvalue weighted by molar-refractivity contribution is 5.90. The van der Waals surface area contributed by atoms with E-state index in [0.717, 1.165) is 0 Å². The number of methoxy groups -OCH3 is 1. The minimum Gasteiger partial charge on any atom is -0.494 e. The van der Waals surface area contributed by atoms with Crippen molar-refractivity contribution in [3.05, 3.63) is 28.3 Å². The number of anilines is 1. The Morgan fingerprint density at radius 1 is 1.41 bits per heavy atom. The largest absolute Gasteiger partial charge is 0.494 e. The van der Waals surface area contributed by atoms with Gasteiger partial charge in [-0.2, -0.15) is 0 Å². The number of carbonyl (C=O) groups is 1. The molecule has 0 saturated heterocycles. The van der Waals surface area contributed by atoms with Crippen LogP contribution in [0.25, 0.3) is 0 Å². The molecule has 0 aromatic heterocycles. The van der Waals surface area contributed by atoms with Gasteiger partial charge in [-0.15, -0.1) is 0 Å². The molecule has 0 heterocycles. The fourth-order valence-electron chi connectivity index (χ4n) is 1.73. The number of hydrogen-bond acceptors (Lipinski definition) is 6. The zero-order valence-electron chi connectivity index (χ0n) is 13.0. The number of non-ortho nitro benzene ring substituents is 1. The molecular formula is C14H20N2O6. The second-order valence-corrected chi connectivity index (χ2v) is 5.47. The molecule has 1 rings (SSSR count). The fraction of sp³-hybridized carbons (Fsp3) is 0.500. The summed E-state index contributed by atoms with van der Waals surface area (Å²) >= 11 is 0. The molecule has 1 amide bonds. The van der Waals surface area contributed by atoms with Crippen LogP contribution in [-0.4, -0.2) is 42.0 Å². The van der Waals surface area contributed by atoms with Gasteiger partial charge in [0.1, 0.15) is 11.4 Å². The lowest BCUT2D eigenvalue weighted by Gasteiger charge is -2.27. The number of amides is 1. The Morgan fingerprint density at radius 2 is 2.05 bits per heavy atom. The molecule has 0 radical (unpaired) electrons. The van der Waals surface area contributed by atoms with E-state index in [1.54, 1.807) is 20.8 Å². The van der Waals surface area contributed by atoms with Crippen molar-refractivity contribution in [2.24, 2.45) is 0 Å². The first-order valence-corrected chi connectivity index (χ1v) is 6.63. The lowest BCUT2D eigenvalue weighted by atomic mass is 10.2. The van der Waals surface area contributed by atoms with Gasteiger partial charge in [-0.05, 0) is 26.8 Å². The Labute approximate surface area is 128 Å². The minimum atomic E-state index is -0.710. The van der Waals surface area contributed by atoms with Gasteiger partial charge >= 0.3 is 6.09 Å². The molecule has 0 saturated carbocycles. The highest BCUT2D eigenvalue weighted by Crippen LogP contribution is 2.32. The predicted octanol–water partition coefficient (Wildman–Crippen LogP) is 2.34. The Balaban J connectivity index is 3.20. The second kappa shape index (κ2) is 7.08. The fourth-order valence-corrected chi connectivity index (χ4v) is 1.73. The van der Waals surface area contributed by atoms with Crippen molar-refractivity contribution in [1.29, 1.82) is 0 Å². The zero-order valence-corrected chi connectivity index (χ0v) is 13.0. The van der Waals surface area contributed by atoms with E-state index in [1.807, 2.05) is 0 Å². The number of aliphatic hydroxyl groups is 1. The molecule has 0 fully saturated rings. The van der Waals surface area contributed by atoms with Crippen LogP contribution in [0.1, 0.15) is 20.8 Å². The van der Waals surface area contributed by atoms with E-state index >= 15 is 0 Å². The molecule has 0 aliphatic heterocycles. The second-order valence-electron chi connectivity index (χ2n) is 5.47. The van der Waals surface area contributed by atoms with Gasteiger partial charge in [-0.25, -0.2) is 4.79 Å². The molecule has 1 N–H and O–H groups in total. The van der Waals surface area contributed by atoms with Crippen LogP contribution in [0.5, 0.6) is 5.75 Å². The number of nitro groups is 1. The number of rotatable bonds is 5. The van der Waals surface area contributed by atoms with Crippen molar-refractivity contribution < 1.29 is 24.3 Å². The van der Waals surface area contributed by atoms with Gasteiger partial charge in [-0.3, -0.25) is 15.0 Å². The van der Waals surface area contributed by atoms with Crippen molar-refractivity contribution >= 4 is 17.5 Å². The lowest BCUT2D eigenvalue weighted by molar-refractivity contribution is -0.384. The standard InChI is InChI=1S/C14H20N2O6/c1-14(2,3)22-13(18)15(7-8-17)11-6-5-10(16(19)20)9-12(11)21-4/h5-6,9,17H,7-8H2,1-4H3. The molecule has 122 valence electrons. The summed E-state index contributed by atoms with van der Waals surface area (Å²) in [5.41, 5.74) is -0.580. The van der Waals surface area contributed by atoms with E-state index in [2.05, 4.69) is 0 Å². The van der Waals surface area contributed by atoms with E-state index in [9.17, 15) is 14.9 Å². The van der Waals surface area contributed by atoms with Crippen LogP contribution in [-0.2, 0) is 4.74 Å². The smallest absolute Gasteiger partial charge is 0.415 e. The molecular weight excluding hydrogens is 292 g/mol. The third-order valence-corrected chi connectivity index (χ3v) is 2.60. The number of ether oxygens (including phenoxy) is 2. The quantitative estimate of drug-likeness (QED) is 0.661. The van der Waals surface area contributed by atoms with Gasteiger partial charge in [0.2, 0.25) is 0 Å². The first kappa shape index (κ1) is 17.7. The van der Waals surface area contributed by atoms with Crippen LogP contribution in [0.15, 0.2) is 18.2 Å². The number of benzene rings is 1. The zero-order chi connectivity index (χ0) is 16.9. The van der Waals surface area contributed by atoms with Crippen LogP contribution in [0, 0.1) is 10.1 Å². The Kier molecular flexibility index (Phi) is 5.69. The summed E-state index contributed by atoms with van der Waals surface area (Å²) < 4.78 is 10.4. The van der Waals surface area contributed by atoms with Gasteiger partial charge in [0, 0.05) is 6.07 Å². The van der Waals surface area contributed by atoms with E-state index in [1.165, 1.54) is 30.2 Å². The molecule has 8 heteroatoms. The van der Waals surface area contributed by atoms with Crippen molar-refractivity contribution in [3.63, 3.8) is 0 Å². The van der Waals surface area contributed by atoms with Crippen LogP contribution in [0.4, 0.5) is 16.2 Å². The van der Waals surface area contributed by atoms with Gasteiger partial charge in [0.15, 0.2) is 0 Å². The van der Waals surface area contributed by atoms with Gasteiger partial charge in [-0.1, -0.05) is 0 Å². The predicted molar refractivity (Wildman–Crippen MR) is 80.3 cm³/mol. The van der Waals surface area contributed by atoms with E-state index in [0.29, 0.717) is 0 Å². The first-order valence-electron chi connectivity index (χ1n) is 6.63. The van der Waals surface area contributed by atoms with Crippen molar-refractivity contribution in [2.45, 2.75) is 26.4 Å². The topological polar surface area (TPSA) is 102 Å². The highest BCUT2D eigenvalue weighted by Gasteiger charge is 2.26. The van der Waals surface area contributed by atoms with Crippen molar-refractivity contribution in [3.8, 4) is 5.75 Å². The van der Waals surface area contributed by atoms with Crippen LogP contribution < -0.4 is 9.64 Å². The van der Waals surface area contributed by atoms with E-state index in [-0.39, 0.29) is 30.3 Å². The Hall–Kier alpha value is -2.35. The summed E-state index contributed by atoms with van der Waals surface area (Å²) in [5, 5.41) is 20.0. The summed E-state index contributed by atoms with van der Waals surface area (Å²) in [6.07, 6.45) is -0.672. The molecule has 0 aliphatic carbocycles. The number of carbonyl (C=O) groups excluding carboxylic acids is 1. The van der Waals surface area contributed by atoms with Gasteiger partial charge in [0.25, 0.3) is 5.69 Å². The average Bonchev–Trinajstić information content (AvgIpc) is 2.42. The number of aliphatic hydroxyl groups excluding tert-OH is 1. The maximum atomic E-state index is 12.2. The molecule has 1 aromatic carbocycles. The molecule has 1 aromatic rings. The summed E-state index contributed by atoms with van der Waals surface area (Å²) in [5.74, 6) is 0.147. The van der Waals surface area contributed by atoms with E-state index in [4.69, 9.17) is 14.6 Å². The molecule has 8 nitrogen and oxygen atoms in total. The number of nitrogens with zero attached hydrogens (tertiary/aromatic N) is 2. The van der Waals surface area contributed by atoms with Gasteiger partial charge in [0.05, 0.1) is 36.9 Å². The Bertz CT molecular complexity index is 553. The summed E-state index contributed by atoms with van der Waals surface area (Å²) in [6, 6.07) is 3.85. The maximum absolute atomic E-state index is 12.2. The van der Waals surface area contributed by atoms with Crippen molar-refractivity contribution in [2.75, 3.05) is 25.2 Å². The SMILES string of the molecule is COc1cc([N+](=O)[O-])ccc1N(CCO)C(=O)OC(C)(C)C. The maximum Gasteiger partial charge on any atom is 0.415 e. The Morgan fingerprint density at radius 3 is 2.50 bits per heavy atom. The van der Waals surface area contributed by atoms with E-state index < -0.39 is 16.6 Å². The minimum absolute atomic E-state index is 0.0247. The van der Waals surface area contributed by atoms with Crippen LogP contribution in [0.3, 0.4) is 0 Å². The normalized spacial score (nSPS) is 11.0.